The zero-order valence-corrected chi connectivity index (χ0v) is 13.3. The van der Waals surface area contributed by atoms with Gasteiger partial charge in [0, 0.05) is 19.6 Å². The van der Waals surface area contributed by atoms with E-state index in [-0.39, 0.29) is 6.04 Å². The van der Waals surface area contributed by atoms with E-state index in [1.54, 1.807) is 7.05 Å². The molecule has 0 aromatic rings. The van der Waals surface area contributed by atoms with Crippen LogP contribution in [0.1, 0.15) is 39.5 Å². The number of unbranched alkanes of at least 4 members (excludes halogenated alkanes) is 3. The summed E-state index contributed by atoms with van der Waals surface area (Å²) in [5, 5.41) is 0. The molecule has 98 valence electrons. The molecule has 16 heavy (non-hydrogen) atoms. The monoisotopic (exact) mass is 362 g/mol. The first-order valence-electron chi connectivity index (χ1n) is 5.70. The van der Waals surface area contributed by atoms with E-state index in [4.69, 9.17) is 0 Å². The largest absolute Gasteiger partial charge is 0.279 e. The van der Waals surface area contributed by atoms with Crippen molar-refractivity contribution < 1.29 is 8.42 Å². The molecule has 0 spiro atoms. The minimum absolute atomic E-state index is 0.00322. The summed E-state index contributed by atoms with van der Waals surface area (Å²) in [4.78, 5) is 0. The normalized spacial score (nSPS) is 12.6. The molecule has 0 aliphatic rings. The van der Waals surface area contributed by atoms with Gasteiger partial charge in [-0.05, 0) is 31.1 Å². The lowest BCUT2D eigenvalue weighted by molar-refractivity contribution is 0.402. The fourth-order valence-electron chi connectivity index (χ4n) is 1.15. The van der Waals surface area contributed by atoms with Gasteiger partial charge in [-0.3, -0.25) is 0 Å². The molecule has 0 saturated carbocycles. The highest BCUT2D eigenvalue weighted by Crippen LogP contribution is 2.03. The van der Waals surface area contributed by atoms with Crippen molar-refractivity contribution >= 4 is 32.8 Å². The Labute approximate surface area is 113 Å². The molecule has 0 aromatic carbocycles. The fourth-order valence-corrected chi connectivity index (χ4v) is 2.85. The van der Waals surface area contributed by atoms with E-state index >= 15 is 0 Å². The molecule has 0 amide bonds. The molecule has 0 aromatic heterocycles. The van der Waals surface area contributed by atoms with Crippen molar-refractivity contribution in [2.24, 2.45) is 0 Å². The predicted octanol–water partition coefficient (Wildman–Crippen LogP) is 2.16. The van der Waals surface area contributed by atoms with Crippen LogP contribution in [-0.4, -0.2) is 36.8 Å². The summed E-state index contributed by atoms with van der Waals surface area (Å²) in [6.45, 7) is 4.26. The Bertz CT molecular complexity index is 268. The maximum atomic E-state index is 11.7. The smallest absolute Gasteiger partial charge is 0.202 e. The molecule has 1 N–H and O–H groups in total. The zero-order chi connectivity index (χ0) is 12.6. The van der Waals surface area contributed by atoms with Gasteiger partial charge in [-0.25, -0.2) is 4.72 Å². The van der Waals surface area contributed by atoms with Crippen LogP contribution in [0.25, 0.3) is 0 Å². The Morgan fingerprint density at radius 1 is 1.19 bits per heavy atom. The van der Waals surface area contributed by atoms with E-state index in [0.29, 0.717) is 6.54 Å². The van der Waals surface area contributed by atoms with Crippen molar-refractivity contribution in [2.75, 3.05) is 18.0 Å². The van der Waals surface area contributed by atoms with Crippen LogP contribution in [0.15, 0.2) is 0 Å². The number of hydrogen-bond acceptors (Lipinski definition) is 2. The lowest BCUT2D eigenvalue weighted by atomic mass is 10.2. The van der Waals surface area contributed by atoms with Crippen molar-refractivity contribution in [2.45, 2.75) is 45.6 Å². The second-order valence-corrected chi connectivity index (χ2v) is 7.01. The zero-order valence-electron chi connectivity index (χ0n) is 10.4. The van der Waals surface area contributed by atoms with E-state index in [1.165, 1.54) is 21.6 Å². The average Bonchev–Trinajstić information content (AvgIpc) is 2.22. The van der Waals surface area contributed by atoms with E-state index in [2.05, 4.69) is 27.3 Å². The van der Waals surface area contributed by atoms with E-state index in [0.717, 1.165) is 12.8 Å². The maximum Gasteiger partial charge on any atom is 0.279 e. The summed E-state index contributed by atoms with van der Waals surface area (Å²) >= 11 is 2.36. The first-order chi connectivity index (χ1) is 7.41. The van der Waals surface area contributed by atoms with Crippen LogP contribution in [0.2, 0.25) is 0 Å². The van der Waals surface area contributed by atoms with Gasteiger partial charge in [-0.2, -0.15) is 12.7 Å². The summed E-state index contributed by atoms with van der Waals surface area (Å²) in [5.41, 5.74) is 0. The summed E-state index contributed by atoms with van der Waals surface area (Å²) in [7, 11) is -1.67. The number of rotatable bonds is 9. The fraction of sp³-hybridized carbons (Fsp3) is 1.00. The highest BCUT2D eigenvalue weighted by atomic mass is 127. The van der Waals surface area contributed by atoms with Crippen molar-refractivity contribution in [3.63, 3.8) is 0 Å². The molecule has 0 saturated heterocycles. The Kier molecular flexibility index (Phi) is 8.98. The maximum absolute atomic E-state index is 11.7. The molecule has 0 rings (SSSR count). The summed E-state index contributed by atoms with van der Waals surface area (Å²) in [6.07, 6.45) is 4.42. The lowest BCUT2D eigenvalue weighted by Gasteiger charge is -2.21. The van der Waals surface area contributed by atoms with Gasteiger partial charge >= 0.3 is 0 Å². The molecule has 6 heteroatoms. The third-order valence-corrected chi connectivity index (χ3v) is 4.96. The second-order valence-electron chi connectivity index (χ2n) is 4.11. The van der Waals surface area contributed by atoms with Crippen molar-refractivity contribution in [3.05, 3.63) is 0 Å². The minimum Gasteiger partial charge on any atom is -0.202 e. The quantitative estimate of drug-likeness (QED) is 0.388. The first-order valence-corrected chi connectivity index (χ1v) is 8.67. The molecule has 4 nitrogen and oxygen atoms in total. The van der Waals surface area contributed by atoms with Gasteiger partial charge in [-0.15, -0.1) is 0 Å². The van der Waals surface area contributed by atoms with Crippen molar-refractivity contribution in [1.82, 2.24) is 9.03 Å². The molecule has 0 radical (unpaired) electrons. The van der Waals surface area contributed by atoms with Crippen LogP contribution in [0, 0.1) is 0 Å². The van der Waals surface area contributed by atoms with Gasteiger partial charge in [0.05, 0.1) is 0 Å². The Balaban J connectivity index is 3.75. The van der Waals surface area contributed by atoms with Crippen LogP contribution >= 0.6 is 22.6 Å². The Hall–Kier alpha value is 0.600. The van der Waals surface area contributed by atoms with Gasteiger partial charge < -0.3 is 0 Å². The number of nitrogens with zero attached hydrogens (tertiary/aromatic N) is 1. The summed E-state index contributed by atoms with van der Waals surface area (Å²) < 4.78 is 28.5. The van der Waals surface area contributed by atoms with Crippen LogP contribution in [-0.2, 0) is 10.2 Å². The molecular formula is C10H23IN2O2S. The Morgan fingerprint density at radius 2 is 1.75 bits per heavy atom. The van der Waals surface area contributed by atoms with Crippen LogP contribution in [0.4, 0.5) is 0 Å². The minimum atomic E-state index is -3.27. The van der Waals surface area contributed by atoms with Gasteiger partial charge in [0.15, 0.2) is 0 Å². The van der Waals surface area contributed by atoms with Crippen LogP contribution in [0.3, 0.4) is 0 Å². The molecule has 0 heterocycles. The number of halogens is 1. The summed E-state index contributed by atoms with van der Waals surface area (Å²) in [6, 6.07) is -0.00322. The molecule has 0 unspecified atom stereocenters. The highest BCUT2D eigenvalue weighted by molar-refractivity contribution is 14.1. The van der Waals surface area contributed by atoms with Gasteiger partial charge in [0.1, 0.15) is 0 Å². The molecule has 0 fully saturated rings. The predicted molar refractivity (Wildman–Crippen MR) is 77.2 cm³/mol. The van der Waals surface area contributed by atoms with Gasteiger partial charge in [0.25, 0.3) is 10.2 Å². The summed E-state index contributed by atoms with van der Waals surface area (Å²) in [5.74, 6) is 0. The molecule has 0 aliphatic heterocycles. The average molecular weight is 362 g/mol. The molecule has 0 bridgehead atoms. The Morgan fingerprint density at radius 3 is 2.25 bits per heavy atom. The SMILES string of the molecule is CC(C)N(C)S(=O)(=O)NCCCCCCI. The van der Waals surface area contributed by atoms with Crippen molar-refractivity contribution in [1.29, 1.82) is 0 Å². The highest BCUT2D eigenvalue weighted by Gasteiger charge is 2.18. The third-order valence-electron chi connectivity index (χ3n) is 2.45. The van der Waals surface area contributed by atoms with E-state index in [9.17, 15) is 8.42 Å². The van der Waals surface area contributed by atoms with Crippen molar-refractivity contribution in [3.8, 4) is 0 Å². The topological polar surface area (TPSA) is 49.4 Å². The van der Waals surface area contributed by atoms with E-state index in [1.807, 2.05) is 13.8 Å². The van der Waals surface area contributed by atoms with Gasteiger partial charge in [0.2, 0.25) is 0 Å². The molecular weight excluding hydrogens is 339 g/mol. The number of hydrogen-bond donors (Lipinski definition) is 1. The number of nitrogens with one attached hydrogen (secondary N) is 1. The second kappa shape index (κ2) is 8.66. The first kappa shape index (κ1) is 16.6. The third kappa shape index (κ3) is 7.03. The lowest BCUT2D eigenvalue weighted by Crippen LogP contribution is -2.42. The molecule has 0 atom stereocenters. The van der Waals surface area contributed by atoms with Gasteiger partial charge in [-0.1, -0.05) is 35.4 Å². The van der Waals surface area contributed by atoms with Crippen LogP contribution in [0.5, 0.6) is 0 Å². The van der Waals surface area contributed by atoms with Crippen LogP contribution < -0.4 is 4.72 Å². The molecule has 0 aliphatic carbocycles. The number of alkyl halides is 1. The standard InChI is InChI=1S/C10H23IN2O2S/c1-10(2)13(3)16(14,15)12-9-7-5-4-6-8-11/h10,12H,4-9H2,1-3H3. The van der Waals surface area contributed by atoms with E-state index < -0.39 is 10.2 Å².